The SMILES string of the molecule is Cc1[c]c(COC(=O)CCCCl)ccc1. The van der Waals surface area contributed by atoms with Crippen LogP contribution in [0.4, 0.5) is 0 Å². The molecule has 0 aliphatic carbocycles. The van der Waals surface area contributed by atoms with E-state index in [1.807, 2.05) is 25.1 Å². The summed E-state index contributed by atoms with van der Waals surface area (Å²) in [4.78, 5) is 11.2. The number of hydrogen-bond donors (Lipinski definition) is 0. The molecule has 0 saturated heterocycles. The number of rotatable bonds is 5. The van der Waals surface area contributed by atoms with Crippen LogP contribution in [0.2, 0.25) is 0 Å². The minimum Gasteiger partial charge on any atom is -0.461 e. The molecule has 0 bridgehead atoms. The first-order valence-corrected chi connectivity index (χ1v) is 5.45. The van der Waals surface area contributed by atoms with Crippen LogP contribution in [-0.4, -0.2) is 11.8 Å². The van der Waals surface area contributed by atoms with Gasteiger partial charge in [0.2, 0.25) is 0 Å². The normalized spacial score (nSPS) is 10.0. The largest absolute Gasteiger partial charge is 0.461 e. The fourth-order valence-corrected chi connectivity index (χ4v) is 1.30. The molecule has 0 saturated carbocycles. The van der Waals surface area contributed by atoms with E-state index in [1.54, 1.807) is 0 Å². The summed E-state index contributed by atoms with van der Waals surface area (Å²) in [6.45, 7) is 2.25. The van der Waals surface area contributed by atoms with Crippen molar-refractivity contribution in [2.45, 2.75) is 26.4 Å². The van der Waals surface area contributed by atoms with Gasteiger partial charge >= 0.3 is 5.97 Å². The van der Waals surface area contributed by atoms with Gasteiger partial charge in [0.25, 0.3) is 0 Å². The zero-order chi connectivity index (χ0) is 11.1. The standard InChI is InChI=1S/C12H14ClO2/c1-10-4-2-5-11(8-10)9-15-12(14)6-3-7-13/h2,4-5H,3,6-7,9H2,1H3. The van der Waals surface area contributed by atoms with E-state index in [4.69, 9.17) is 16.3 Å². The van der Waals surface area contributed by atoms with Gasteiger partial charge < -0.3 is 4.74 Å². The number of esters is 1. The monoisotopic (exact) mass is 225 g/mol. The molecular weight excluding hydrogens is 212 g/mol. The van der Waals surface area contributed by atoms with Gasteiger partial charge in [-0.3, -0.25) is 4.79 Å². The maximum atomic E-state index is 11.2. The van der Waals surface area contributed by atoms with Gasteiger partial charge in [0.05, 0.1) is 0 Å². The van der Waals surface area contributed by atoms with Gasteiger partial charge in [0, 0.05) is 12.3 Å². The number of halogens is 1. The van der Waals surface area contributed by atoms with Gasteiger partial charge in [-0.2, -0.15) is 0 Å². The summed E-state index contributed by atoms with van der Waals surface area (Å²) >= 11 is 5.47. The average Bonchev–Trinajstić information content (AvgIpc) is 2.23. The maximum absolute atomic E-state index is 11.2. The molecule has 15 heavy (non-hydrogen) atoms. The Labute approximate surface area is 95.2 Å². The molecule has 1 radical (unpaired) electrons. The summed E-state index contributed by atoms with van der Waals surface area (Å²) in [5.74, 6) is 0.289. The molecule has 1 aromatic rings. The van der Waals surface area contributed by atoms with Crippen LogP contribution in [-0.2, 0) is 16.1 Å². The molecule has 0 heterocycles. The van der Waals surface area contributed by atoms with Crippen LogP contribution < -0.4 is 0 Å². The first kappa shape index (κ1) is 12.1. The number of benzene rings is 1. The van der Waals surface area contributed by atoms with Crippen LogP contribution in [0, 0.1) is 13.0 Å². The Kier molecular flexibility index (Phi) is 5.19. The van der Waals surface area contributed by atoms with E-state index in [-0.39, 0.29) is 5.97 Å². The zero-order valence-electron chi connectivity index (χ0n) is 8.75. The number of ether oxygens (including phenoxy) is 1. The second-order valence-corrected chi connectivity index (χ2v) is 3.69. The third-order valence-corrected chi connectivity index (χ3v) is 2.17. The lowest BCUT2D eigenvalue weighted by molar-refractivity contribution is -0.144. The molecule has 0 amide bonds. The number of carbonyl (C=O) groups excluding carboxylic acids is 1. The lowest BCUT2D eigenvalue weighted by atomic mass is 10.1. The minimum atomic E-state index is -0.203. The van der Waals surface area contributed by atoms with Crippen molar-refractivity contribution in [2.24, 2.45) is 0 Å². The molecule has 2 nitrogen and oxygen atoms in total. The fourth-order valence-electron chi connectivity index (χ4n) is 1.17. The van der Waals surface area contributed by atoms with Crippen molar-refractivity contribution in [2.75, 3.05) is 5.88 Å². The number of alkyl halides is 1. The third kappa shape index (κ3) is 4.84. The second kappa shape index (κ2) is 6.46. The Bertz CT molecular complexity index is 323. The molecule has 0 fully saturated rings. The molecule has 0 spiro atoms. The Hall–Kier alpha value is -1.02. The van der Waals surface area contributed by atoms with E-state index in [9.17, 15) is 4.79 Å². The van der Waals surface area contributed by atoms with E-state index in [0.717, 1.165) is 11.1 Å². The second-order valence-electron chi connectivity index (χ2n) is 3.31. The van der Waals surface area contributed by atoms with Gasteiger partial charge in [0.1, 0.15) is 6.61 Å². The van der Waals surface area contributed by atoms with Crippen LogP contribution in [0.1, 0.15) is 24.0 Å². The summed E-state index contributed by atoms with van der Waals surface area (Å²) in [6, 6.07) is 8.89. The molecule has 3 heteroatoms. The Morgan fingerprint density at radius 2 is 2.33 bits per heavy atom. The van der Waals surface area contributed by atoms with Crippen LogP contribution in [0.3, 0.4) is 0 Å². The van der Waals surface area contributed by atoms with E-state index in [1.165, 1.54) is 0 Å². The zero-order valence-corrected chi connectivity index (χ0v) is 9.51. The van der Waals surface area contributed by atoms with Crippen LogP contribution in [0.5, 0.6) is 0 Å². The van der Waals surface area contributed by atoms with Crippen molar-refractivity contribution in [1.82, 2.24) is 0 Å². The van der Waals surface area contributed by atoms with E-state index in [2.05, 4.69) is 6.07 Å². The Balaban J connectivity index is 2.33. The van der Waals surface area contributed by atoms with Gasteiger partial charge in [-0.25, -0.2) is 0 Å². The highest BCUT2D eigenvalue weighted by atomic mass is 35.5. The molecule has 1 rings (SSSR count). The van der Waals surface area contributed by atoms with Gasteiger partial charge in [0.15, 0.2) is 0 Å². The molecule has 0 aromatic heterocycles. The summed E-state index contributed by atoms with van der Waals surface area (Å²) in [5, 5.41) is 0. The summed E-state index contributed by atoms with van der Waals surface area (Å²) in [5.41, 5.74) is 1.94. The Morgan fingerprint density at radius 3 is 3.00 bits per heavy atom. The molecule has 0 atom stereocenters. The van der Waals surface area contributed by atoms with Gasteiger partial charge in [-0.15, -0.1) is 11.6 Å². The maximum Gasteiger partial charge on any atom is 0.306 e. The van der Waals surface area contributed by atoms with Crippen LogP contribution in [0.15, 0.2) is 18.2 Å². The van der Waals surface area contributed by atoms with E-state index in [0.29, 0.717) is 25.3 Å². The predicted molar refractivity (Wildman–Crippen MR) is 59.8 cm³/mol. The molecule has 0 unspecified atom stereocenters. The van der Waals surface area contributed by atoms with Crippen molar-refractivity contribution in [3.8, 4) is 0 Å². The lowest BCUT2D eigenvalue weighted by Gasteiger charge is -2.04. The minimum absolute atomic E-state index is 0.203. The number of hydrogen-bond acceptors (Lipinski definition) is 2. The summed E-state index contributed by atoms with van der Waals surface area (Å²) in [6.07, 6.45) is 1.05. The summed E-state index contributed by atoms with van der Waals surface area (Å²) in [7, 11) is 0. The molecule has 0 aliphatic heterocycles. The van der Waals surface area contributed by atoms with Crippen molar-refractivity contribution < 1.29 is 9.53 Å². The summed E-state index contributed by atoms with van der Waals surface area (Å²) < 4.78 is 5.06. The molecule has 0 N–H and O–H groups in total. The first-order chi connectivity index (χ1) is 7.22. The van der Waals surface area contributed by atoms with E-state index >= 15 is 0 Å². The van der Waals surface area contributed by atoms with Crippen molar-refractivity contribution in [1.29, 1.82) is 0 Å². The molecule has 1 aromatic carbocycles. The third-order valence-electron chi connectivity index (χ3n) is 1.90. The van der Waals surface area contributed by atoms with E-state index < -0.39 is 0 Å². The quantitative estimate of drug-likeness (QED) is 0.569. The van der Waals surface area contributed by atoms with Crippen molar-refractivity contribution in [3.05, 3.63) is 35.4 Å². The molecule has 81 valence electrons. The van der Waals surface area contributed by atoms with Crippen molar-refractivity contribution in [3.63, 3.8) is 0 Å². The number of carbonyl (C=O) groups is 1. The van der Waals surface area contributed by atoms with Crippen molar-refractivity contribution >= 4 is 17.6 Å². The smallest absolute Gasteiger partial charge is 0.306 e. The van der Waals surface area contributed by atoms with Crippen LogP contribution >= 0.6 is 11.6 Å². The highest BCUT2D eigenvalue weighted by molar-refractivity contribution is 6.17. The Morgan fingerprint density at radius 1 is 1.53 bits per heavy atom. The first-order valence-electron chi connectivity index (χ1n) is 4.92. The highest BCUT2D eigenvalue weighted by Crippen LogP contribution is 2.05. The molecule has 0 aliphatic rings. The number of aryl methyl sites for hydroxylation is 1. The fraction of sp³-hybridized carbons (Fsp3) is 0.417. The van der Waals surface area contributed by atoms with Gasteiger partial charge in [-0.05, 0) is 30.5 Å². The molecular formula is C12H14ClO2. The predicted octanol–water partition coefficient (Wildman–Crippen LogP) is 2.86. The van der Waals surface area contributed by atoms with Crippen LogP contribution in [0.25, 0.3) is 0 Å². The lowest BCUT2D eigenvalue weighted by Crippen LogP contribution is -2.04. The highest BCUT2D eigenvalue weighted by Gasteiger charge is 2.02. The van der Waals surface area contributed by atoms with Gasteiger partial charge in [-0.1, -0.05) is 18.2 Å². The topological polar surface area (TPSA) is 26.3 Å². The average molecular weight is 226 g/mol.